The van der Waals surface area contributed by atoms with E-state index in [0.717, 1.165) is 0 Å². The Bertz CT molecular complexity index is 334. The van der Waals surface area contributed by atoms with E-state index in [4.69, 9.17) is 21.6 Å². The minimum atomic E-state index is -2.09. The van der Waals surface area contributed by atoms with Gasteiger partial charge >= 0.3 is 7.32 Å². The molecule has 0 fully saturated rings. The van der Waals surface area contributed by atoms with Gasteiger partial charge in [-0.15, -0.1) is 0 Å². The van der Waals surface area contributed by atoms with Gasteiger partial charge in [0.25, 0.3) is 0 Å². The molecular weight excluding hydrogens is 213 g/mol. The molecule has 14 heavy (non-hydrogen) atoms. The largest absolute Gasteiger partial charge is 0.707 e. The van der Waals surface area contributed by atoms with Crippen molar-refractivity contribution in [1.82, 2.24) is 0 Å². The first-order valence-electron chi connectivity index (χ1n) is 3.61. The molecule has 1 aromatic carbocycles. The molecule has 0 spiro atoms. The van der Waals surface area contributed by atoms with E-state index >= 15 is 0 Å². The van der Waals surface area contributed by atoms with Crippen molar-refractivity contribution in [2.24, 2.45) is 0 Å². The molecule has 0 unspecified atom stereocenters. The molecule has 0 amide bonds. The Morgan fingerprint density at radius 2 is 2.07 bits per heavy atom. The van der Waals surface area contributed by atoms with Crippen molar-refractivity contribution < 1.29 is 23.8 Å². The average molecular weight is 220 g/mol. The fraction of sp³-hybridized carbons (Fsp3) is 0.143. The highest BCUT2D eigenvalue weighted by molar-refractivity contribution is 6.34. The van der Waals surface area contributed by atoms with Gasteiger partial charge in [-0.25, -0.2) is 0 Å². The predicted molar refractivity (Wildman–Crippen MR) is 48.8 cm³/mol. The van der Waals surface area contributed by atoms with E-state index in [2.05, 4.69) is 9.39 Å². The number of hydrogen-bond acceptors (Lipinski definition) is 4. The Hall–Kier alpha value is -0.975. The first-order valence-corrected chi connectivity index (χ1v) is 3.99. The molecule has 7 heteroatoms. The van der Waals surface area contributed by atoms with E-state index in [1.807, 2.05) is 0 Å². The van der Waals surface area contributed by atoms with Crippen LogP contribution in [-0.2, 0) is 0 Å². The van der Waals surface area contributed by atoms with Gasteiger partial charge in [0, 0.05) is 0 Å². The summed E-state index contributed by atoms with van der Waals surface area (Å²) in [6.45, 7) is 0. The van der Waals surface area contributed by atoms with Crippen LogP contribution in [0.2, 0.25) is 5.02 Å². The predicted octanol–water partition coefficient (Wildman–Crippen LogP) is 0.836. The van der Waals surface area contributed by atoms with E-state index in [1.54, 1.807) is 0 Å². The van der Waals surface area contributed by atoms with Gasteiger partial charge in [0.1, 0.15) is 5.75 Å². The Labute approximate surface area is 85.0 Å². The summed E-state index contributed by atoms with van der Waals surface area (Å²) >= 11 is 5.59. The summed E-state index contributed by atoms with van der Waals surface area (Å²) in [5, 5.41) is 17.0. The highest BCUT2D eigenvalue weighted by Gasteiger charge is 2.19. The average Bonchev–Trinajstić information content (AvgIpc) is 2.10. The standard InChI is InChI=1S/C7H7BClFO4/c1-13-7-4(9)2-3-5(6(7)10)14-8(11)12/h2-3,11-12H,1H3. The van der Waals surface area contributed by atoms with Crippen LogP contribution in [0.25, 0.3) is 0 Å². The molecule has 0 saturated heterocycles. The van der Waals surface area contributed by atoms with E-state index in [-0.39, 0.29) is 16.5 Å². The van der Waals surface area contributed by atoms with Crippen LogP contribution < -0.4 is 9.39 Å². The van der Waals surface area contributed by atoms with Crippen molar-refractivity contribution in [3.05, 3.63) is 23.0 Å². The molecule has 0 bridgehead atoms. The fourth-order valence-electron chi connectivity index (χ4n) is 0.906. The van der Waals surface area contributed by atoms with Crippen LogP contribution in [0.5, 0.6) is 11.5 Å². The molecule has 1 aromatic rings. The smallest absolute Gasteiger partial charge is 0.509 e. The first kappa shape index (κ1) is 11.1. The Morgan fingerprint density at radius 3 is 2.57 bits per heavy atom. The molecule has 0 aromatic heterocycles. The summed E-state index contributed by atoms with van der Waals surface area (Å²) < 4.78 is 22.3. The molecule has 76 valence electrons. The van der Waals surface area contributed by atoms with Crippen molar-refractivity contribution in [1.29, 1.82) is 0 Å². The van der Waals surface area contributed by atoms with Gasteiger partial charge in [0.05, 0.1) is 12.1 Å². The van der Waals surface area contributed by atoms with Crippen molar-refractivity contribution in [2.75, 3.05) is 7.11 Å². The molecule has 4 nitrogen and oxygen atoms in total. The molecule has 0 saturated carbocycles. The topological polar surface area (TPSA) is 58.9 Å². The highest BCUT2D eigenvalue weighted by Crippen LogP contribution is 2.33. The molecule has 0 atom stereocenters. The van der Waals surface area contributed by atoms with Crippen molar-refractivity contribution >= 4 is 18.9 Å². The van der Waals surface area contributed by atoms with Gasteiger partial charge in [-0.05, 0) is 12.1 Å². The Kier molecular flexibility index (Phi) is 3.57. The van der Waals surface area contributed by atoms with Crippen LogP contribution in [0.3, 0.4) is 0 Å². The Balaban J connectivity index is 3.08. The summed E-state index contributed by atoms with van der Waals surface area (Å²) in [5.74, 6) is -1.43. The quantitative estimate of drug-likeness (QED) is 0.741. The normalized spacial score (nSPS) is 9.79. The molecule has 0 heterocycles. The molecule has 1 rings (SSSR count). The van der Waals surface area contributed by atoms with Gasteiger partial charge in [-0.2, -0.15) is 4.39 Å². The molecule has 0 aliphatic heterocycles. The maximum Gasteiger partial charge on any atom is 0.707 e. The fourth-order valence-corrected chi connectivity index (χ4v) is 1.13. The zero-order valence-electron chi connectivity index (χ0n) is 7.20. The maximum atomic E-state index is 13.3. The van der Waals surface area contributed by atoms with Crippen LogP contribution in [0.15, 0.2) is 12.1 Å². The highest BCUT2D eigenvalue weighted by atomic mass is 35.5. The maximum absolute atomic E-state index is 13.3. The summed E-state index contributed by atoms with van der Waals surface area (Å²) in [6, 6.07) is 2.49. The van der Waals surface area contributed by atoms with Crippen molar-refractivity contribution in [3.8, 4) is 11.5 Å². The van der Waals surface area contributed by atoms with Crippen LogP contribution in [-0.4, -0.2) is 24.5 Å². The van der Waals surface area contributed by atoms with Crippen molar-refractivity contribution in [2.45, 2.75) is 0 Å². The summed E-state index contributed by atoms with van der Waals surface area (Å²) in [4.78, 5) is 0. The third-order valence-corrected chi connectivity index (χ3v) is 1.75. The number of benzene rings is 1. The molecule has 0 radical (unpaired) electrons. The van der Waals surface area contributed by atoms with E-state index in [9.17, 15) is 4.39 Å². The first-order chi connectivity index (χ1) is 6.56. The minimum absolute atomic E-state index is 0.0739. The number of halogens is 2. The molecule has 2 N–H and O–H groups in total. The van der Waals surface area contributed by atoms with E-state index in [1.165, 1.54) is 19.2 Å². The van der Waals surface area contributed by atoms with E-state index in [0.29, 0.717) is 0 Å². The van der Waals surface area contributed by atoms with Crippen LogP contribution in [0.4, 0.5) is 4.39 Å². The lowest BCUT2D eigenvalue weighted by molar-refractivity contribution is 0.278. The van der Waals surface area contributed by atoms with Gasteiger partial charge < -0.3 is 19.4 Å². The third kappa shape index (κ3) is 2.28. The van der Waals surface area contributed by atoms with E-state index < -0.39 is 13.1 Å². The number of rotatable bonds is 3. The molecule has 0 aliphatic carbocycles. The van der Waals surface area contributed by atoms with Gasteiger partial charge in [-0.1, -0.05) is 11.6 Å². The summed E-state index contributed by atoms with van der Waals surface area (Å²) in [7, 11) is -0.848. The van der Waals surface area contributed by atoms with Gasteiger partial charge in [0.15, 0.2) is 5.75 Å². The zero-order valence-corrected chi connectivity index (χ0v) is 7.95. The van der Waals surface area contributed by atoms with Crippen LogP contribution in [0, 0.1) is 5.82 Å². The number of methoxy groups -OCH3 is 1. The zero-order chi connectivity index (χ0) is 10.7. The number of ether oxygens (including phenoxy) is 1. The lowest BCUT2D eigenvalue weighted by atomic mass is 10.2. The van der Waals surface area contributed by atoms with Gasteiger partial charge in [-0.3, -0.25) is 0 Å². The second-order valence-electron chi connectivity index (χ2n) is 2.34. The molecular formula is C7H7BClFO4. The second-order valence-corrected chi connectivity index (χ2v) is 2.74. The SMILES string of the molecule is COc1c(Cl)ccc(OB(O)O)c1F. The minimum Gasteiger partial charge on any atom is -0.509 e. The summed E-state index contributed by atoms with van der Waals surface area (Å²) in [6.07, 6.45) is 0. The van der Waals surface area contributed by atoms with Gasteiger partial charge in [0.2, 0.25) is 5.82 Å². The monoisotopic (exact) mass is 220 g/mol. The molecule has 0 aliphatic rings. The Morgan fingerprint density at radius 1 is 1.43 bits per heavy atom. The van der Waals surface area contributed by atoms with Crippen LogP contribution >= 0.6 is 11.6 Å². The summed E-state index contributed by atoms with van der Waals surface area (Å²) in [5.41, 5.74) is 0. The van der Waals surface area contributed by atoms with Crippen molar-refractivity contribution in [3.63, 3.8) is 0 Å². The number of hydrogen-bond donors (Lipinski definition) is 2. The lowest BCUT2D eigenvalue weighted by Gasteiger charge is -2.09. The third-order valence-electron chi connectivity index (χ3n) is 1.45. The lowest BCUT2D eigenvalue weighted by Crippen LogP contribution is -2.21. The van der Waals surface area contributed by atoms with Crippen LogP contribution in [0.1, 0.15) is 0 Å². The second kappa shape index (κ2) is 4.50.